The van der Waals surface area contributed by atoms with Crippen molar-refractivity contribution < 1.29 is 19.4 Å². The molecular weight excluding hydrogens is 260 g/mol. The molecule has 0 saturated carbocycles. The van der Waals surface area contributed by atoms with E-state index < -0.39 is 11.9 Å². The molecule has 1 aliphatic rings. The highest BCUT2D eigenvalue weighted by atomic mass is 16.5. The quantitative estimate of drug-likeness (QED) is 0.831. The van der Waals surface area contributed by atoms with Crippen LogP contribution in [0.3, 0.4) is 0 Å². The van der Waals surface area contributed by atoms with Crippen molar-refractivity contribution in [2.45, 2.75) is 39.8 Å². The molecule has 20 heavy (non-hydrogen) atoms. The summed E-state index contributed by atoms with van der Waals surface area (Å²) in [4.78, 5) is 27.1. The second-order valence-corrected chi connectivity index (χ2v) is 5.71. The van der Waals surface area contributed by atoms with Gasteiger partial charge in [0.1, 0.15) is 5.92 Å². The SMILES string of the molecule is CCN(C(=O)N(C)C(C)C(C)C)C1COCC1C(=O)O. The highest BCUT2D eigenvalue weighted by molar-refractivity contribution is 5.77. The topological polar surface area (TPSA) is 70.1 Å². The van der Waals surface area contributed by atoms with Crippen molar-refractivity contribution >= 4 is 12.0 Å². The summed E-state index contributed by atoms with van der Waals surface area (Å²) in [5, 5.41) is 9.21. The average molecular weight is 286 g/mol. The van der Waals surface area contributed by atoms with E-state index >= 15 is 0 Å². The molecule has 1 aliphatic heterocycles. The van der Waals surface area contributed by atoms with Gasteiger partial charge in [0.15, 0.2) is 0 Å². The average Bonchev–Trinajstić information content (AvgIpc) is 2.86. The summed E-state index contributed by atoms with van der Waals surface area (Å²) in [7, 11) is 1.77. The van der Waals surface area contributed by atoms with Gasteiger partial charge in [0.25, 0.3) is 0 Å². The van der Waals surface area contributed by atoms with Gasteiger partial charge < -0.3 is 19.6 Å². The Morgan fingerprint density at radius 1 is 1.30 bits per heavy atom. The van der Waals surface area contributed by atoms with Crippen molar-refractivity contribution in [3.63, 3.8) is 0 Å². The fraction of sp³-hybridized carbons (Fsp3) is 0.857. The lowest BCUT2D eigenvalue weighted by Crippen LogP contribution is -2.53. The van der Waals surface area contributed by atoms with Crippen molar-refractivity contribution in [1.82, 2.24) is 9.80 Å². The Morgan fingerprint density at radius 2 is 1.90 bits per heavy atom. The summed E-state index contributed by atoms with van der Waals surface area (Å²) in [5.74, 6) is -1.20. The fourth-order valence-corrected chi connectivity index (χ4v) is 2.42. The molecule has 116 valence electrons. The lowest BCUT2D eigenvalue weighted by Gasteiger charge is -2.36. The third-order valence-electron chi connectivity index (χ3n) is 4.23. The molecule has 6 nitrogen and oxygen atoms in total. The number of carboxylic acids is 1. The van der Waals surface area contributed by atoms with E-state index in [1.54, 1.807) is 16.8 Å². The fourth-order valence-electron chi connectivity index (χ4n) is 2.42. The standard InChI is InChI=1S/C14H26N2O4/c1-6-16(12-8-20-7-11(12)13(17)18)14(19)15(5)10(4)9(2)3/h9-12H,6-8H2,1-5H3,(H,17,18). The van der Waals surface area contributed by atoms with Crippen molar-refractivity contribution in [1.29, 1.82) is 0 Å². The van der Waals surface area contributed by atoms with Crippen LogP contribution < -0.4 is 0 Å². The van der Waals surface area contributed by atoms with E-state index in [-0.39, 0.29) is 24.7 Å². The predicted molar refractivity (Wildman–Crippen MR) is 75.6 cm³/mol. The van der Waals surface area contributed by atoms with Gasteiger partial charge in [0.2, 0.25) is 0 Å². The van der Waals surface area contributed by atoms with Crippen LogP contribution in [0, 0.1) is 11.8 Å². The summed E-state index contributed by atoms with van der Waals surface area (Å²) in [5.41, 5.74) is 0. The molecule has 0 radical (unpaired) electrons. The van der Waals surface area contributed by atoms with Gasteiger partial charge in [0.05, 0.1) is 19.3 Å². The van der Waals surface area contributed by atoms with Crippen LogP contribution in [0.25, 0.3) is 0 Å². The normalized spacial score (nSPS) is 23.7. The van der Waals surface area contributed by atoms with E-state index in [4.69, 9.17) is 4.74 Å². The number of rotatable bonds is 5. The van der Waals surface area contributed by atoms with E-state index in [0.717, 1.165) is 0 Å². The van der Waals surface area contributed by atoms with Crippen LogP contribution in [0.1, 0.15) is 27.7 Å². The smallest absolute Gasteiger partial charge is 0.320 e. The van der Waals surface area contributed by atoms with Crippen molar-refractivity contribution in [3.8, 4) is 0 Å². The first-order valence-corrected chi connectivity index (χ1v) is 7.15. The van der Waals surface area contributed by atoms with Crippen molar-refractivity contribution in [2.75, 3.05) is 26.8 Å². The molecule has 0 aliphatic carbocycles. The minimum absolute atomic E-state index is 0.0992. The number of carboxylic acid groups (broad SMARTS) is 1. The number of aliphatic carboxylic acids is 1. The van der Waals surface area contributed by atoms with Crippen LogP contribution >= 0.6 is 0 Å². The van der Waals surface area contributed by atoms with Crippen molar-refractivity contribution in [3.05, 3.63) is 0 Å². The summed E-state index contributed by atoms with van der Waals surface area (Å²) < 4.78 is 5.26. The largest absolute Gasteiger partial charge is 0.481 e. The third-order valence-corrected chi connectivity index (χ3v) is 4.23. The Labute approximate surface area is 120 Å². The molecule has 3 atom stereocenters. The minimum Gasteiger partial charge on any atom is -0.481 e. The summed E-state index contributed by atoms with van der Waals surface area (Å²) in [6, 6.07) is -0.413. The molecule has 1 N–H and O–H groups in total. The number of likely N-dealkylation sites (N-methyl/N-ethyl adjacent to an activating group) is 1. The van der Waals surface area contributed by atoms with Gasteiger partial charge in [0, 0.05) is 19.6 Å². The molecule has 1 rings (SSSR count). The van der Waals surface area contributed by atoms with Crippen LogP contribution in [0.15, 0.2) is 0 Å². The van der Waals surface area contributed by atoms with Crippen LogP contribution in [0.4, 0.5) is 4.79 Å². The molecule has 2 amide bonds. The lowest BCUT2D eigenvalue weighted by atomic mass is 10.0. The lowest BCUT2D eigenvalue weighted by molar-refractivity contribution is -0.142. The van der Waals surface area contributed by atoms with E-state index in [2.05, 4.69) is 13.8 Å². The molecule has 3 unspecified atom stereocenters. The highest BCUT2D eigenvalue weighted by Crippen LogP contribution is 2.22. The number of carbonyl (C=O) groups excluding carboxylic acids is 1. The first-order chi connectivity index (χ1) is 9.31. The predicted octanol–water partition coefficient (Wildman–Crippen LogP) is 1.50. The molecule has 1 fully saturated rings. The molecule has 0 spiro atoms. The molecule has 0 aromatic rings. The van der Waals surface area contributed by atoms with Gasteiger partial charge in [-0.1, -0.05) is 13.8 Å². The second-order valence-electron chi connectivity index (χ2n) is 5.71. The van der Waals surface area contributed by atoms with Crippen LogP contribution in [0.2, 0.25) is 0 Å². The molecule has 0 aromatic carbocycles. The summed E-state index contributed by atoms with van der Waals surface area (Å²) >= 11 is 0. The van der Waals surface area contributed by atoms with E-state index in [0.29, 0.717) is 19.1 Å². The van der Waals surface area contributed by atoms with Gasteiger partial charge in [-0.05, 0) is 19.8 Å². The zero-order valence-corrected chi connectivity index (χ0v) is 13.0. The van der Waals surface area contributed by atoms with Gasteiger partial charge in [-0.15, -0.1) is 0 Å². The van der Waals surface area contributed by atoms with E-state index in [1.165, 1.54) is 0 Å². The third kappa shape index (κ3) is 3.42. The number of hydrogen-bond donors (Lipinski definition) is 1. The molecular formula is C14H26N2O4. The maximum atomic E-state index is 12.6. The number of nitrogens with zero attached hydrogens (tertiary/aromatic N) is 2. The number of hydrogen-bond acceptors (Lipinski definition) is 3. The van der Waals surface area contributed by atoms with Gasteiger partial charge in [-0.25, -0.2) is 4.79 Å². The van der Waals surface area contributed by atoms with Crippen molar-refractivity contribution in [2.24, 2.45) is 11.8 Å². The number of urea groups is 1. The van der Waals surface area contributed by atoms with Crippen LogP contribution in [0.5, 0.6) is 0 Å². The Hall–Kier alpha value is -1.30. The Bertz CT molecular complexity index is 359. The Balaban J connectivity index is 2.84. The van der Waals surface area contributed by atoms with Crippen LogP contribution in [-0.4, -0.2) is 65.8 Å². The second kappa shape index (κ2) is 6.92. The molecule has 1 saturated heterocycles. The Morgan fingerprint density at radius 3 is 2.35 bits per heavy atom. The first-order valence-electron chi connectivity index (χ1n) is 7.15. The molecule has 0 aromatic heterocycles. The van der Waals surface area contributed by atoms with Gasteiger partial charge in [-0.3, -0.25) is 4.79 Å². The van der Waals surface area contributed by atoms with Gasteiger partial charge >= 0.3 is 12.0 Å². The minimum atomic E-state index is -0.904. The summed E-state index contributed by atoms with van der Waals surface area (Å²) in [6.07, 6.45) is 0. The Kier molecular flexibility index (Phi) is 5.80. The number of amides is 2. The molecule has 6 heteroatoms. The maximum Gasteiger partial charge on any atom is 0.320 e. The highest BCUT2D eigenvalue weighted by Gasteiger charge is 2.40. The van der Waals surface area contributed by atoms with Crippen LogP contribution in [-0.2, 0) is 9.53 Å². The summed E-state index contributed by atoms with van der Waals surface area (Å²) in [6.45, 7) is 8.92. The first kappa shape index (κ1) is 16.8. The maximum absolute atomic E-state index is 12.6. The number of carbonyl (C=O) groups is 2. The number of ether oxygens (including phenoxy) is 1. The zero-order valence-electron chi connectivity index (χ0n) is 13.0. The zero-order chi connectivity index (χ0) is 15.4. The molecule has 1 heterocycles. The van der Waals surface area contributed by atoms with Gasteiger partial charge in [-0.2, -0.15) is 0 Å². The monoisotopic (exact) mass is 286 g/mol. The molecule has 0 bridgehead atoms. The van der Waals surface area contributed by atoms with E-state index in [1.807, 2.05) is 13.8 Å². The van der Waals surface area contributed by atoms with E-state index in [9.17, 15) is 14.7 Å².